The van der Waals surface area contributed by atoms with Crippen molar-refractivity contribution in [3.8, 4) is 11.8 Å². The van der Waals surface area contributed by atoms with Gasteiger partial charge in [-0.3, -0.25) is 0 Å². The van der Waals surface area contributed by atoms with Gasteiger partial charge in [-0.25, -0.2) is 4.79 Å². The Balaban J connectivity index is 1.86. The molecule has 0 aliphatic heterocycles. The molecule has 0 spiro atoms. The predicted octanol–water partition coefficient (Wildman–Crippen LogP) is 3.51. The van der Waals surface area contributed by atoms with E-state index in [1.807, 2.05) is 12.1 Å². The molecule has 22 heavy (non-hydrogen) atoms. The molecular weight excluding hydrogens is 276 g/mol. The zero-order valence-electron chi connectivity index (χ0n) is 11.6. The first kappa shape index (κ1) is 13.7. The third-order valence-electron chi connectivity index (χ3n) is 3.30. The number of esters is 1. The molecule has 0 heterocycles. The van der Waals surface area contributed by atoms with Crippen molar-refractivity contribution in [3.63, 3.8) is 0 Å². The lowest BCUT2D eigenvalue weighted by molar-refractivity contribution is 0.0735. The summed E-state index contributed by atoms with van der Waals surface area (Å²) >= 11 is 0. The number of hydrogen-bond acceptors (Lipinski definition) is 4. The van der Waals surface area contributed by atoms with Crippen LogP contribution in [0.15, 0.2) is 60.7 Å². The molecular formula is C18H12N2O2. The van der Waals surface area contributed by atoms with Crippen LogP contribution in [0.1, 0.15) is 15.9 Å². The summed E-state index contributed by atoms with van der Waals surface area (Å²) in [4.78, 5) is 12.1. The van der Waals surface area contributed by atoms with Crippen molar-refractivity contribution in [2.75, 3.05) is 5.73 Å². The van der Waals surface area contributed by atoms with E-state index < -0.39 is 5.97 Å². The number of nitriles is 1. The smallest absolute Gasteiger partial charge is 0.343 e. The summed E-state index contributed by atoms with van der Waals surface area (Å²) in [5.41, 5.74) is 7.22. The van der Waals surface area contributed by atoms with Crippen molar-refractivity contribution in [1.82, 2.24) is 0 Å². The van der Waals surface area contributed by atoms with Crippen LogP contribution in [0, 0.1) is 11.3 Å². The van der Waals surface area contributed by atoms with Crippen molar-refractivity contribution in [2.45, 2.75) is 0 Å². The largest absolute Gasteiger partial charge is 0.423 e. The molecule has 0 aliphatic rings. The molecule has 0 bridgehead atoms. The summed E-state index contributed by atoms with van der Waals surface area (Å²) < 4.78 is 5.36. The van der Waals surface area contributed by atoms with Crippen molar-refractivity contribution in [2.24, 2.45) is 0 Å². The van der Waals surface area contributed by atoms with E-state index in [1.54, 1.807) is 48.5 Å². The lowest BCUT2D eigenvalue weighted by Crippen LogP contribution is -2.08. The van der Waals surface area contributed by atoms with Gasteiger partial charge in [0.1, 0.15) is 5.75 Å². The Bertz CT molecular complexity index is 893. The minimum absolute atomic E-state index is 0.437. The van der Waals surface area contributed by atoms with Crippen LogP contribution in [0.25, 0.3) is 10.8 Å². The highest BCUT2D eigenvalue weighted by molar-refractivity contribution is 5.92. The monoisotopic (exact) mass is 288 g/mol. The Morgan fingerprint density at radius 1 is 0.955 bits per heavy atom. The minimum atomic E-state index is -0.437. The first-order valence-corrected chi connectivity index (χ1v) is 6.67. The molecule has 0 unspecified atom stereocenters. The molecule has 0 amide bonds. The predicted molar refractivity (Wildman–Crippen MR) is 84.5 cm³/mol. The van der Waals surface area contributed by atoms with E-state index in [0.717, 1.165) is 10.8 Å². The van der Waals surface area contributed by atoms with Gasteiger partial charge in [0.2, 0.25) is 0 Å². The van der Waals surface area contributed by atoms with Crippen LogP contribution in [-0.2, 0) is 0 Å². The van der Waals surface area contributed by atoms with Crippen LogP contribution in [0.2, 0.25) is 0 Å². The fourth-order valence-electron chi connectivity index (χ4n) is 2.14. The van der Waals surface area contributed by atoms with Gasteiger partial charge >= 0.3 is 5.97 Å². The molecule has 3 aromatic carbocycles. The standard InChI is InChI=1S/C18H12N2O2/c19-11-12-1-2-15-10-17(8-5-14(15)9-12)22-18(21)13-3-6-16(20)7-4-13/h1-10H,20H2. The summed E-state index contributed by atoms with van der Waals surface area (Å²) in [7, 11) is 0. The van der Waals surface area contributed by atoms with Crippen LogP contribution < -0.4 is 10.5 Å². The fourth-order valence-corrected chi connectivity index (χ4v) is 2.14. The van der Waals surface area contributed by atoms with Crippen molar-refractivity contribution in [1.29, 1.82) is 5.26 Å². The Hall–Kier alpha value is -3.32. The lowest BCUT2D eigenvalue weighted by atomic mass is 10.1. The first-order valence-electron chi connectivity index (χ1n) is 6.67. The average Bonchev–Trinajstić information content (AvgIpc) is 2.55. The summed E-state index contributed by atoms with van der Waals surface area (Å²) in [6.07, 6.45) is 0. The fraction of sp³-hybridized carbons (Fsp3) is 0. The Morgan fingerprint density at radius 3 is 2.36 bits per heavy atom. The normalized spacial score (nSPS) is 10.1. The Kier molecular flexibility index (Phi) is 3.47. The second-order valence-corrected chi connectivity index (χ2v) is 4.85. The first-order chi connectivity index (χ1) is 10.7. The molecule has 0 aromatic heterocycles. The highest BCUT2D eigenvalue weighted by Crippen LogP contribution is 2.22. The number of nitrogen functional groups attached to an aromatic ring is 1. The van der Waals surface area contributed by atoms with E-state index in [0.29, 0.717) is 22.6 Å². The van der Waals surface area contributed by atoms with Crippen molar-refractivity contribution >= 4 is 22.4 Å². The quantitative estimate of drug-likeness (QED) is 0.445. The molecule has 4 nitrogen and oxygen atoms in total. The topological polar surface area (TPSA) is 76.1 Å². The molecule has 0 atom stereocenters. The molecule has 3 aromatic rings. The molecule has 0 aliphatic carbocycles. The average molecular weight is 288 g/mol. The van der Waals surface area contributed by atoms with Gasteiger partial charge in [-0.15, -0.1) is 0 Å². The van der Waals surface area contributed by atoms with Crippen LogP contribution in [-0.4, -0.2) is 5.97 Å². The number of nitrogens with zero attached hydrogens (tertiary/aromatic N) is 1. The van der Waals surface area contributed by atoms with Gasteiger partial charge in [-0.1, -0.05) is 12.1 Å². The van der Waals surface area contributed by atoms with E-state index in [-0.39, 0.29) is 0 Å². The Morgan fingerprint density at radius 2 is 1.64 bits per heavy atom. The molecule has 0 saturated carbocycles. The molecule has 0 saturated heterocycles. The van der Waals surface area contributed by atoms with Gasteiger partial charge in [0, 0.05) is 5.69 Å². The third kappa shape index (κ3) is 2.74. The van der Waals surface area contributed by atoms with Gasteiger partial charge < -0.3 is 10.5 Å². The van der Waals surface area contributed by atoms with Crippen molar-refractivity contribution < 1.29 is 9.53 Å². The maximum absolute atomic E-state index is 12.1. The number of carbonyl (C=O) groups excluding carboxylic acids is 1. The lowest BCUT2D eigenvalue weighted by Gasteiger charge is -2.06. The third-order valence-corrected chi connectivity index (χ3v) is 3.30. The minimum Gasteiger partial charge on any atom is -0.423 e. The molecule has 0 fully saturated rings. The van der Waals surface area contributed by atoms with E-state index in [1.165, 1.54) is 0 Å². The second-order valence-electron chi connectivity index (χ2n) is 4.85. The van der Waals surface area contributed by atoms with Gasteiger partial charge in [0.25, 0.3) is 0 Å². The number of ether oxygens (including phenoxy) is 1. The molecule has 0 radical (unpaired) electrons. The second kappa shape index (κ2) is 5.58. The molecule has 2 N–H and O–H groups in total. The highest BCUT2D eigenvalue weighted by atomic mass is 16.5. The zero-order valence-corrected chi connectivity index (χ0v) is 11.6. The summed E-state index contributed by atoms with van der Waals surface area (Å²) in [6, 6.07) is 19.3. The van der Waals surface area contributed by atoms with Crippen LogP contribution in [0.4, 0.5) is 5.69 Å². The highest BCUT2D eigenvalue weighted by Gasteiger charge is 2.08. The zero-order chi connectivity index (χ0) is 15.5. The molecule has 106 valence electrons. The Labute approximate surface area is 127 Å². The maximum Gasteiger partial charge on any atom is 0.343 e. The summed E-state index contributed by atoms with van der Waals surface area (Å²) in [5.74, 6) is 0.0204. The SMILES string of the molecule is N#Cc1ccc2cc(OC(=O)c3ccc(N)cc3)ccc2c1. The number of benzene rings is 3. The van der Waals surface area contributed by atoms with Gasteiger partial charge in [-0.05, 0) is 59.3 Å². The van der Waals surface area contributed by atoms with E-state index in [2.05, 4.69) is 6.07 Å². The number of carbonyl (C=O) groups is 1. The van der Waals surface area contributed by atoms with E-state index >= 15 is 0 Å². The van der Waals surface area contributed by atoms with Gasteiger partial charge in [-0.2, -0.15) is 5.26 Å². The number of fused-ring (bicyclic) bond motifs is 1. The molecule has 4 heteroatoms. The maximum atomic E-state index is 12.1. The van der Waals surface area contributed by atoms with Crippen LogP contribution in [0.5, 0.6) is 5.75 Å². The van der Waals surface area contributed by atoms with Crippen LogP contribution >= 0.6 is 0 Å². The number of hydrogen-bond donors (Lipinski definition) is 1. The number of anilines is 1. The molecule has 3 rings (SSSR count). The van der Waals surface area contributed by atoms with Gasteiger partial charge in [0.05, 0.1) is 17.2 Å². The van der Waals surface area contributed by atoms with E-state index in [4.69, 9.17) is 15.7 Å². The number of rotatable bonds is 2. The van der Waals surface area contributed by atoms with Crippen LogP contribution in [0.3, 0.4) is 0 Å². The number of nitrogens with two attached hydrogens (primary N) is 1. The summed E-state index contributed by atoms with van der Waals surface area (Å²) in [6.45, 7) is 0. The summed E-state index contributed by atoms with van der Waals surface area (Å²) in [5, 5.41) is 10.7. The van der Waals surface area contributed by atoms with Gasteiger partial charge in [0.15, 0.2) is 0 Å². The van der Waals surface area contributed by atoms with E-state index in [9.17, 15) is 4.79 Å². The van der Waals surface area contributed by atoms with Crippen molar-refractivity contribution in [3.05, 3.63) is 71.8 Å².